The Morgan fingerprint density at radius 3 is 2.67 bits per heavy atom. The Labute approximate surface area is 162 Å². The predicted molar refractivity (Wildman–Crippen MR) is 105 cm³/mol. The van der Waals surface area contributed by atoms with Crippen LogP contribution in [-0.4, -0.2) is 39.0 Å². The van der Waals surface area contributed by atoms with Crippen LogP contribution in [0.25, 0.3) is 10.9 Å². The molecule has 0 radical (unpaired) electrons. The van der Waals surface area contributed by atoms with E-state index in [9.17, 15) is 9.90 Å². The molecule has 27 heavy (non-hydrogen) atoms. The number of likely N-dealkylation sites (tertiary alicyclic amines) is 1. The second kappa shape index (κ2) is 6.91. The molecule has 1 saturated heterocycles. The SMILES string of the molecule is Cc1ccc2cc(C3(O)CCN(C(=O)c4cncc(Cl)c4)CC3)ccc2n1. The molecule has 1 amide bonds. The molecule has 1 aliphatic heterocycles. The third-order valence-electron chi connectivity index (χ3n) is 5.20. The molecule has 1 fully saturated rings. The van der Waals surface area contributed by atoms with Gasteiger partial charge in [0, 0.05) is 36.6 Å². The molecule has 0 saturated carbocycles. The van der Waals surface area contributed by atoms with Crippen LogP contribution >= 0.6 is 11.6 Å². The number of pyridine rings is 2. The van der Waals surface area contributed by atoms with Crippen LogP contribution in [0.4, 0.5) is 0 Å². The van der Waals surface area contributed by atoms with E-state index in [0.717, 1.165) is 22.2 Å². The van der Waals surface area contributed by atoms with E-state index < -0.39 is 5.60 Å². The average molecular weight is 382 g/mol. The molecule has 0 unspecified atom stereocenters. The third-order valence-corrected chi connectivity index (χ3v) is 5.40. The molecule has 1 aliphatic rings. The number of benzene rings is 1. The average Bonchev–Trinajstić information content (AvgIpc) is 2.67. The number of fused-ring (bicyclic) bond motifs is 1. The van der Waals surface area contributed by atoms with Crippen molar-refractivity contribution in [1.82, 2.24) is 14.9 Å². The summed E-state index contributed by atoms with van der Waals surface area (Å²) >= 11 is 5.93. The fourth-order valence-corrected chi connectivity index (χ4v) is 3.77. The van der Waals surface area contributed by atoms with E-state index in [0.29, 0.717) is 36.5 Å². The highest BCUT2D eigenvalue weighted by Gasteiger charge is 2.35. The summed E-state index contributed by atoms with van der Waals surface area (Å²) in [5, 5.41) is 12.6. The van der Waals surface area contributed by atoms with Crippen molar-refractivity contribution in [3.8, 4) is 0 Å². The molecule has 6 heteroatoms. The maximum atomic E-state index is 12.6. The van der Waals surface area contributed by atoms with E-state index in [-0.39, 0.29) is 5.91 Å². The van der Waals surface area contributed by atoms with Crippen molar-refractivity contribution in [1.29, 1.82) is 0 Å². The van der Waals surface area contributed by atoms with E-state index in [1.807, 2.05) is 37.3 Å². The third kappa shape index (κ3) is 3.53. The normalized spacial score (nSPS) is 16.5. The number of halogens is 1. The van der Waals surface area contributed by atoms with Crippen molar-refractivity contribution >= 4 is 28.4 Å². The number of hydrogen-bond donors (Lipinski definition) is 1. The number of aliphatic hydroxyl groups is 1. The van der Waals surface area contributed by atoms with Crippen LogP contribution in [0.2, 0.25) is 5.02 Å². The minimum atomic E-state index is -0.942. The smallest absolute Gasteiger partial charge is 0.255 e. The minimum absolute atomic E-state index is 0.106. The van der Waals surface area contributed by atoms with Gasteiger partial charge in [0.1, 0.15) is 0 Å². The molecule has 4 rings (SSSR count). The van der Waals surface area contributed by atoms with Gasteiger partial charge in [-0.2, -0.15) is 0 Å². The van der Waals surface area contributed by atoms with Crippen LogP contribution in [0.5, 0.6) is 0 Å². The van der Waals surface area contributed by atoms with Gasteiger partial charge >= 0.3 is 0 Å². The zero-order valence-corrected chi connectivity index (χ0v) is 15.8. The number of nitrogens with zero attached hydrogens (tertiary/aromatic N) is 3. The van der Waals surface area contributed by atoms with Crippen molar-refractivity contribution in [3.05, 3.63) is 70.6 Å². The molecule has 2 aromatic heterocycles. The van der Waals surface area contributed by atoms with Gasteiger partial charge in [0.25, 0.3) is 5.91 Å². The highest BCUT2D eigenvalue weighted by Crippen LogP contribution is 2.34. The maximum absolute atomic E-state index is 12.6. The first-order chi connectivity index (χ1) is 12.9. The second-order valence-corrected chi connectivity index (χ2v) is 7.51. The summed E-state index contributed by atoms with van der Waals surface area (Å²) in [4.78, 5) is 22.9. The number of hydrogen-bond acceptors (Lipinski definition) is 4. The largest absolute Gasteiger partial charge is 0.385 e. The molecule has 3 heterocycles. The zero-order chi connectivity index (χ0) is 19.0. The first kappa shape index (κ1) is 17.9. The van der Waals surface area contributed by atoms with Gasteiger partial charge in [-0.05, 0) is 49.6 Å². The monoisotopic (exact) mass is 381 g/mol. The van der Waals surface area contributed by atoms with Crippen LogP contribution in [-0.2, 0) is 5.60 Å². The number of piperidine rings is 1. The Bertz CT molecular complexity index is 1010. The van der Waals surface area contributed by atoms with Crippen LogP contribution < -0.4 is 0 Å². The number of rotatable bonds is 2. The molecule has 1 N–H and O–H groups in total. The standard InChI is InChI=1S/C21H20ClN3O2/c1-14-2-3-15-10-17(4-5-19(15)24-14)21(27)6-8-25(9-7-21)20(26)16-11-18(22)13-23-12-16/h2-5,10-13,27H,6-9H2,1H3. The summed E-state index contributed by atoms with van der Waals surface area (Å²) in [6.07, 6.45) is 3.99. The Hall–Kier alpha value is -2.50. The van der Waals surface area contributed by atoms with E-state index in [1.54, 1.807) is 11.0 Å². The molecule has 0 aliphatic carbocycles. The second-order valence-electron chi connectivity index (χ2n) is 7.08. The summed E-state index contributed by atoms with van der Waals surface area (Å²) in [6.45, 7) is 2.92. The lowest BCUT2D eigenvalue weighted by Gasteiger charge is -2.38. The van der Waals surface area contributed by atoms with E-state index >= 15 is 0 Å². The minimum Gasteiger partial charge on any atom is -0.385 e. The summed E-state index contributed by atoms with van der Waals surface area (Å²) in [7, 11) is 0. The Morgan fingerprint density at radius 2 is 1.93 bits per heavy atom. The highest BCUT2D eigenvalue weighted by atomic mass is 35.5. The predicted octanol–water partition coefficient (Wildman–Crippen LogP) is 3.72. The van der Waals surface area contributed by atoms with E-state index in [1.165, 1.54) is 12.4 Å². The Balaban J connectivity index is 1.52. The quantitative estimate of drug-likeness (QED) is 0.734. The molecule has 0 atom stereocenters. The van der Waals surface area contributed by atoms with Crippen LogP contribution in [0.15, 0.2) is 48.8 Å². The maximum Gasteiger partial charge on any atom is 0.255 e. The van der Waals surface area contributed by atoms with Gasteiger partial charge < -0.3 is 10.0 Å². The fraction of sp³-hybridized carbons (Fsp3) is 0.286. The van der Waals surface area contributed by atoms with E-state index in [4.69, 9.17) is 11.6 Å². The summed E-state index contributed by atoms with van der Waals surface area (Å²) in [5.41, 5.74) is 2.29. The van der Waals surface area contributed by atoms with Gasteiger partial charge in [-0.25, -0.2) is 0 Å². The summed E-state index contributed by atoms with van der Waals surface area (Å²) in [5.74, 6) is -0.106. The molecule has 138 valence electrons. The van der Waals surface area contributed by atoms with Gasteiger partial charge in [0.05, 0.1) is 21.7 Å². The summed E-state index contributed by atoms with van der Waals surface area (Å²) in [6, 6.07) is 11.5. The van der Waals surface area contributed by atoms with Crippen molar-refractivity contribution < 1.29 is 9.90 Å². The first-order valence-corrected chi connectivity index (χ1v) is 9.32. The van der Waals surface area contributed by atoms with Crippen molar-refractivity contribution in [3.63, 3.8) is 0 Å². The van der Waals surface area contributed by atoms with Crippen molar-refractivity contribution in [2.24, 2.45) is 0 Å². The number of aromatic nitrogens is 2. The van der Waals surface area contributed by atoms with Gasteiger partial charge in [-0.1, -0.05) is 23.7 Å². The lowest BCUT2D eigenvalue weighted by molar-refractivity contribution is -0.0210. The van der Waals surface area contributed by atoms with Gasteiger partial charge in [0.15, 0.2) is 0 Å². The molecular formula is C21H20ClN3O2. The summed E-state index contributed by atoms with van der Waals surface area (Å²) < 4.78 is 0. The number of aryl methyl sites for hydroxylation is 1. The molecular weight excluding hydrogens is 362 g/mol. The first-order valence-electron chi connectivity index (χ1n) is 8.95. The molecule has 3 aromatic rings. The van der Waals surface area contributed by atoms with Crippen LogP contribution in [0.3, 0.4) is 0 Å². The van der Waals surface area contributed by atoms with Gasteiger partial charge in [-0.15, -0.1) is 0 Å². The zero-order valence-electron chi connectivity index (χ0n) is 15.0. The van der Waals surface area contributed by atoms with E-state index in [2.05, 4.69) is 9.97 Å². The molecule has 0 bridgehead atoms. The number of carbonyl (C=O) groups is 1. The molecule has 5 nitrogen and oxygen atoms in total. The number of carbonyl (C=O) groups excluding carboxylic acids is 1. The lowest BCUT2D eigenvalue weighted by atomic mass is 9.83. The van der Waals surface area contributed by atoms with Crippen molar-refractivity contribution in [2.45, 2.75) is 25.4 Å². The highest BCUT2D eigenvalue weighted by molar-refractivity contribution is 6.30. The van der Waals surface area contributed by atoms with Gasteiger partial charge in [0.2, 0.25) is 0 Å². The molecule has 1 aromatic carbocycles. The Kier molecular flexibility index (Phi) is 4.58. The number of amides is 1. The van der Waals surface area contributed by atoms with Gasteiger partial charge in [-0.3, -0.25) is 14.8 Å². The van der Waals surface area contributed by atoms with Crippen LogP contribution in [0, 0.1) is 6.92 Å². The Morgan fingerprint density at radius 1 is 1.15 bits per heavy atom. The fourth-order valence-electron chi connectivity index (χ4n) is 3.60. The topological polar surface area (TPSA) is 66.3 Å². The molecule has 0 spiro atoms. The lowest BCUT2D eigenvalue weighted by Crippen LogP contribution is -2.45. The van der Waals surface area contributed by atoms with Crippen molar-refractivity contribution in [2.75, 3.05) is 13.1 Å². The van der Waals surface area contributed by atoms with Crippen LogP contribution in [0.1, 0.15) is 34.5 Å².